The normalized spacial score (nSPS) is 13.6. The first-order valence-corrected chi connectivity index (χ1v) is 7.96. The zero-order valence-electron chi connectivity index (χ0n) is 14.4. The number of fused-ring (bicyclic) bond motifs is 1. The minimum atomic E-state index is -1.01. The Labute approximate surface area is 146 Å². The van der Waals surface area contributed by atoms with E-state index in [4.69, 9.17) is 14.2 Å². The van der Waals surface area contributed by atoms with Crippen LogP contribution in [-0.2, 0) is 4.79 Å². The fourth-order valence-electron chi connectivity index (χ4n) is 2.48. The van der Waals surface area contributed by atoms with Crippen LogP contribution in [0.25, 0.3) is 11.6 Å². The number of rotatable bonds is 4. The van der Waals surface area contributed by atoms with E-state index >= 15 is 0 Å². The van der Waals surface area contributed by atoms with Crippen LogP contribution in [0.4, 0.5) is 0 Å². The molecule has 25 heavy (non-hydrogen) atoms. The highest BCUT2D eigenvalue weighted by atomic mass is 16.7. The van der Waals surface area contributed by atoms with Crippen molar-refractivity contribution in [3.63, 3.8) is 0 Å². The molecule has 130 valence electrons. The van der Waals surface area contributed by atoms with E-state index in [2.05, 4.69) is 0 Å². The van der Waals surface area contributed by atoms with Crippen molar-refractivity contribution in [3.05, 3.63) is 53.6 Å². The van der Waals surface area contributed by atoms with Crippen LogP contribution in [-0.4, -0.2) is 23.5 Å². The van der Waals surface area contributed by atoms with Gasteiger partial charge in [0.05, 0.1) is 5.57 Å². The van der Waals surface area contributed by atoms with E-state index in [1.54, 1.807) is 24.3 Å². The van der Waals surface area contributed by atoms with Crippen LogP contribution in [0.1, 0.15) is 31.9 Å². The molecule has 0 atom stereocenters. The van der Waals surface area contributed by atoms with Gasteiger partial charge in [-0.05, 0) is 62.2 Å². The average Bonchev–Trinajstić information content (AvgIpc) is 3.00. The summed E-state index contributed by atoms with van der Waals surface area (Å²) < 4.78 is 16.4. The molecule has 0 amide bonds. The lowest BCUT2D eigenvalue weighted by atomic mass is 10.0. The van der Waals surface area contributed by atoms with Gasteiger partial charge in [-0.2, -0.15) is 0 Å². The van der Waals surface area contributed by atoms with E-state index in [9.17, 15) is 9.90 Å². The molecule has 0 bridgehead atoms. The molecule has 5 nitrogen and oxygen atoms in total. The van der Waals surface area contributed by atoms with Crippen molar-refractivity contribution >= 4 is 17.6 Å². The Hall–Kier alpha value is -2.95. The largest absolute Gasteiger partial charge is 0.488 e. The molecule has 5 heteroatoms. The van der Waals surface area contributed by atoms with Gasteiger partial charge in [0.2, 0.25) is 6.79 Å². The van der Waals surface area contributed by atoms with Crippen molar-refractivity contribution in [1.82, 2.24) is 0 Å². The third-order valence-electron chi connectivity index (χ3n) is 3.53. The van der Waals surface area contributed by atoms with E-state index in [-0.39, 0.29) is 18.0 Å². The van der Waals surface area contributed by atoms with Crippen molar-refractivity contribution in [2.24, 2.45) is 0 Å². The first kappa shape index (κ1) is 16.9. The molecule has 3 rings (SSSR count). The molecule has 0 spiro atoms. The third-order valence-corrected chi connectivity index (χ3v) is 3.53. The lowest BCUT2D eigenvalue weighted by Gasteiger charge is -2.21. The summed E-state index contributed by atoms with van der Waals surface area (Å²) in [6.45, 7) is 6.08. The maximum Gasteiger partial charge on any atom is 0.336 e. The summed E-state index contributed by atoms with van der Waals surface area (Å²) in [6.07, 6.45) is 1.63. The average molecular weight is 340 g/mol. The zero-order valence-corrected chi connectivity index (χ0v) is 14.4. The molecular formula is C20H20O5. The van der Waals surface area contributed by atoms with Crippen molar-refractivity contribution in [2.75, 3.05) is 6.79 Å². The molecule has 0 saturated heterocycles. The smallest absolute Gasteiger partial charge is 0.336 e. The predicted octanol–water partition coefficient (Wildman–Crippen LogP) is 4.22. The van der Waals surface area contributed by atoms with Crippen LogP contribution in [0.5, 0.6) is 17.2 Å². The summed E-state index contributed by atoms with van der Waals surface area (Å²) in [7, 11) is 0. The quantitative estimate of drug-likeness (QED) is 0.667. The molecule has 0 aliphatic carbocycles. The summed E-state index contributed by atoms with van der Waals surface area (Å²) in [5.74, 6) is 0.911. The second-order valence-electron chi connectivity index (χ2n) is 6.71. The van der Waals surface area contributed by atoms with Crippen LogP contribution >= 0.6 is 0 Å². The molecule has 0 fully saturated rings. The lowest BCUT2D eigenvalue weighted by Crippen LogP contribution is -2.22. The van der Waals surface area contributed by atoms with Gasteiger partial charge in [-0.3, -0.25) is 0 Å². The van der Waals surface area contributed by atoms with Crippen LogP contribution in [0.2, 0.25) is 0 Å². The molecule has 0 saturated carbocycles. The Balaban J connectivity index is 1.89. The van der Waals surface area contributed by atoms with E-state index < -0.39 is 5.97 Å². The van der Waals surface area contributed by atoms with E-state index in [1.165, 1.54) is 0 Å². The highest BCUT2D eigenvalue weighted by molar-refractivity contribution is 6.20. The van der Waals surface area contributed by atoms with E-state index in [0.717, 1.165) is 11.3 Å². The monoisotopic (exact) mass is 340 g/mol. The lowest BCUT2D eigenvalue weighted by molar-refractivity contribution is -0.130. The number of hydrogen-bond acceptors (Lipinski definition) is 4. The Morgan fingerprint density at radius 2 is 1.76 bits per heavy atom. The minimum Gasteiger partial charge on any atom is -0.488 e. The van der Waals surface area contributed by atoms with Crippen LogP contribution in [0, 0.1) is 0 Å². The molecule has 1 aliphatic heterocycles. The van der Waals surface area contributed by atoms with Crippen molar-refractivity contribution < 1.29 is 24.1 Å². The fraction of sp³-hybridized carbons (Fsp3) is 0.250. The maximum atomic E-state index is 11.7. The summed E-state index contributed by atoms with van der Waals surface area (Å²) in [6, 6.07) is 12.4. The van der Waals surface area contributed by atoms with Crippen LogP contribution in [0.15, 0.2) is 42.5 Å². The van der Waals surface area contributed by atoms with Gasteiger partial charge >= 0.3 is 5.97 Å². The molecule has 1 N–H and O–H groups in total. The van der Waals surface area contributed by atoms with Gasteiger partial charge < -0.3 is 19.3 Å². The number of carbonyl (C=O) groups is 1. The topological polar surface area (TPSA) is 65.0 Å². The standard InChI is InChI=1S/C20H20O5/c1-20(2,3)25-15-7-4-13(5-8-15)10-16(19(21)22)14-6-9-17-18(11-14)24-12-23-17/h4-11H,12H2,1-3H3,(H,21,22)/b16-10-. The second kappa shape index (κ2) is 6.51. The first-order valence-electron chi connectivity index (χ1n) is 7.96. The molecular weight excluding hydrogens is 320 g/mol. The van der Waals surface area contributed by atoms with Crippen molar-refractivity contribution in [3.8, 4) is 17.2 Å². The van der Waals surface area contributed by atoms with Crippen LogP contribution in [0.3, 0.4) is 0 Å². The fourth-order valence-corrected chi connectivity index (χ4v) is 2.48. The number of ether oxygens (including phenoxy) is 3. The molecule has 1 aliphatic rings. The Morgan fingerprint density at radius 3 is 2.40 bits per heavy atom. The summed E-state index contributed by atoms with van der Waals surface area (Å²) in [5.41, 5.74) is 1.24. The summed E-state index contributed by atoms with van der Waals surface area (Å²) >= 11 is 0. The molecule has 0 radical (unpaired) electrons. The van der Waals surface area contributed by atoms with Gasteiger partial charge in [-0.1, -0.05) is 18.2 Å². The van der Waals surface area contributed by atoms with Crippen LogP contribution < -0.4 is 14.2 Å². The van der Waals surface area contributed by atoms with Gasteiger partial charge in [0.15, 0.2) is 11.5 Å². The highest BCUT2D eigenvalue weighted by Crippen LogP contribution is 2.35. The number of carboxylic acid groups (broad SMARTS) is 1. The maximum absolute atomic E-state index is 11.7. The van der Waals surface area contributed by atoms with Gasteiger partial charge in [0.25, 0.3) is 0 Å². The summed E-state index contributed by atoms with van der Waals surface area (Å²) in [5, 5.41) is 9.58. The van der Waals surface area contributed by atoms with Crippen molar-refractivity contribution in [1.29, 1.82) is 0 Å². The Kier molecular flexibility index (Phi) is 4.40. The molecule has 2 aromatic rings. The van der Waals surface area contributed by atoms with Gasteiger partial charge in [0, 0.05) is 0 Å². The van der Waals surface area contributed by atoms with Crippen molar-refractivity contribution in [2.45, 2.75) is 26.4 Å². The molecule has 0 unspecified atom stereocenters. The number of benzene rings is 2. The number of carboxylic acids is 1. The SMILES string of the molecule is CC(C)(C)Oc1ccc(/C=C(\C(=O)O)c2ccc3c(c2)OCO3)cc1. The highest BCUT2D eigenvalue weighted by Gasteiger charge is 2.18. The molecule has 1 heterocycles. The molecule has 2 aromatic carbocycles. The Morgan fingerprint density at radius 1 is 1.08 bits per heavy atom. The van der Waals surface area contributed by atoms with Gasteiger partial charge in [-0.15, -0.1) is 0 Å². The zero-order chi connectivity index (χ0) is 18.0. The van der Waals surface area contributed by atoms with Gasteiger partial charge in [-0.25, -0.2) is 4.79 Å². The third kappa shape index (κ3) is 4.12. The van der Waals surface area contributed by atoms with Gasteiger partial charge in [0.1, 0.15) is 11.4 Å². The Bertz CT molecular complexity index is 813. The first-order chi connectivity index (χ1) is 11.8. The minimum absolute atomic E-state index is 0.153. The number of aliphatic carboxylic acids is 1. The second-order valence-corrected chi connectivity index (χ2v) is 6.71. The molecule has 0 aromatic heterocycles. The van der Waals surface area contributed by atoms with E-state index in [1.807, 2.05) is 45.0 Å². The predicted molar refractivity (Wildman–Crippen MR) is 94.9 cm³/mol. The summed E-state index contributed by atoms with van der Waals surface area (Å²) in [4.78, 5) is 11.7. The number of hydrogen-bond donors (Lipinski definition) is 1. The van der Waals surface area contributed by atoms with E-state index in [0.29, 0.717) is 17.1 Å².